The lowest BCUT2D eigenvalue weighted by molar-refractivity contribution is -0.137. The number of hydrazone groups is 1. The molecule has 0 fully saturated rings. The molecule has 0 spiro atoms. The summed E-state index contributed by atoms with van der Waals surface area (Å²) in [5.74, 6) is -0.761. The number of alkyl halides is 3. The molecule has 3 aromatic carbocycles. The molecule has 0 aliphatic carbocycles. The van der Waals surface area contributed by atoms with Gasteiger partial charge in [0.1, 0.15) is 6.54 Å². The second-order valence-electron chi connectivity index (χ2n) is 7.53. The summed E-state index contributed by atoms with van der Waals surface area (Å²) in [7, 11) is -4.09. The van der Waals surface area contributed by atoms with E-state index in [9.17, 15) is 26.4 Å². The number of carbonyl (C=O) groups is 1. The average Bonchev–Trinajstić information content (AvgIpc) is 2.79. The smallest absolute Gasteiger partial charge is 0.271 e. The van der Waals surface area contributed by atoms with Crippen LogP contribution in [0.1, 0.15) is 22.3 Å². The van der Waals surface area contributed by atoms with E-state index in [2.05, 4.69) is 10.5 Å². The molecule has 0 aromatic heterocycles. The fraction of sp³-hybridized carbons (Fsp3) is 0.167. The Morgan fingerprint density at radius 2 is 1.71 bits per heavy atom. The minimum atomic E-state index is -4.51. The van der Waals surface area contributed by atoms with Crippen molar-refractivity contribution >= 4 is 27.8 Å². The molecule has 0 saturated heterocycles. The third-order valence-electron chi connectivity index (χ3n) is 4.87. The molecule has 0 saturated carbocycles. The maximum atomic E-state index is 13.4. The van der Waals surface area contributed by atoms with Crippen molar-refractivity contribution in [3.05, 3.63) is 95.1 Å². The fourth-order valence-corrected chi connectivity index (χ4v) is 4.65. The highest BCUT2D eigenvalue weighted by atomic mass is 32.2. The van der Waals surface area contributed by atoms with Crippen molar-refractivity contribution < 1.29 is 26.4 Å². The molecule has 0 aliphatic heterocycles. The first-order valence-electron chi connectivity index (χ1n) is 10.1. The van der Waals surface area contributed by atoms with E-state index in [4.69, 9.17) is 0 Å². The zero-order chi connectivity index (χ0) is 24.9. The topological polar surface area (TPSA) is 78.8 Å². The summed E-state index contributed by atoms with van der Waals surface area (Å²) >= 11 is 0. The summed E-state index contributed by atoms with van der Waals surface area (Å²) in [6.45, 7) is 2.95. The van der Waals surface area contributed by atoms with Crippen molar-refractivity contribution in [1.29, 1.82) is 0 Å². The summed E-state index contributed by atoms with van der Waals surface area (Å²) in [6, 6.07) is 17.4. The number of amides is 1. The van der Waals surface area contributed by atoms with Crippen molar-refractivity contribution in [2.75, 3.05) is 10.8 Å². The Morgan fingerprint density at radius 1 is 1.00 bits per heavy atom. The van der Waals surface area contributed by atoms with Crippen LogP contribution in [-0.4, -0.2) is 27.1 Å². The lowest BCUT2D eigenvalue weighted by atomic mass is 10.1. The highest BCUT2D eigenvalue weighted by Crippen LogP contribution is 2.29. The third-order valence-corrected chi connectivity index (χ3v) is 6.64. The first kappa shape index (κ1) is 25.0. The SMILES string of the molecule is Cc1ccc(C)c(N(CC(=O)N/N=C/c2cccc(C(F)(F)F)c2)S(=O)(=O)c2ccccc2)c1. The zero-order valence-corrected chi connectivity index (χ0v) is 19.2. The molecule has 0 bridgehead atoms. The molecule has 3 rings (SSSR count). The number of nitrogens with one attached hydrogen (secondary N) is 1. The molecule has 0 aliphatic rings. The zero-order valence-electron chi connectivity index (χ0n) is 18.4. The van der Waals surface area contributed by atoms with Crippen LogP contribution in [0.25, 0.3) is 0 Å². The van der Waals surface area contributed by atoms with Gasteiger partial charge in [-0.25, -0.2) is 13.8 Å². The predicted octanol–water partition coefficient (Wildman–Crippen LogP) is 4.67. The van der Waals surface area contributed by atoms with Gasteiger partial charge < -0.3 is 0 Å². The van der Waals surface area contributed by atoms with Crippen molar-refractivity contribution in [3.8, 4) is 0 Å². The summed E-state index contributed by atoms with van der Waals surface area (Å²) in [5.41, 5.74) is 3.25. The van der Waals surface area contributed by atoms with Gasteiger partial charge in [0.15, 0.2) is 0 Å². The lowest BCUT2D eigenvalue weighted by Crippen LogP contribution is -2.40. The van der Waals surface area contributed by atoms with Crippen LogP contribution in [-0.2, 0) is 21.0 Å². The molecule has 0 heterocycles. The summed E-state index contributed by atoms with van der Waals surface area (Å²) < 4.78 is 66.3. The number of halogens is 3. The molecule has 0 atom stereocenters. The molecule has 1 amide bonds. The molecule has 34 heavy (non-hydrogen) atoms. The van der Waals surface area contributed by atoms with Gasteiger partial charge in [0.2, 0.25) is 0 Å². The van der Waals surface area contributed by atoms with Crippen LogP contribution in [0.5, 0.6) is 0 Å². The number of nitrogens with zero attached hydrogens (tertiary/aromatic N) is 2. The van der Waals surface area contributed by atoms with Crippen LogP contribution in [0.3, 0.4) is 0 Å². The number of benzene rings is 3. The molecular weight excluding hydrogens is 467 g/mol. The molecule has 1 N–H and O–H groups in total. The Labute approximate surface area is 195 Å². The highest BCUT2D eigenvalue weighted by molar-refractivity contribution is 7.92. The van der Waals surface area contributed by atoms with E-state index in [-0.39, 0.29) is 10.5 Å². The number of anilines is 1. The number of aryl methyl sites for hydroxylation is 2. The van der Waals surface area contributed by atoms with E-state index >= 15 is 0 Å². The highest BCUT2D eigenvalue weighted by Gasteiger charge is 2.30. The van der Waals surface area contributed by atoms with E-state index in [1.54, 1.807) is 44.2 Å². The van der Waals surface area contributed by atoms with E-state index in [0.717, 1.165) is 28.2 Å². The fourth-order valence-electron chi connectivity index (χ4n) is 3.15. The Kier molecular flexibility index (Phi) is 7.41. The third kappa shape index (κ3) is 6.02. The van der Waals surface area contributed by atoms with Crippen molar-refractivity contribution in [1.82, 2.24) is 5.43 Å². The maximum absolute atomic E-state index is 13.4. The van der Waals surface area contributed by atoms with E-state index in [1.807, 2.05) is 6.07 Å². The molecule has 10 heteroatoms. The van der Waals surface area contributed by atoms with E-state index < -0.39 is 34.2 Å². The number of hydrogen-bond donors (Lipinski definition) is 1. The Balaban J connectivity index is 1.85. The minimum absolute atomic E-state index is 0.0103. The van der Waals surface area contributed by atoms with Crippen molar-refractivity contribution in [3.63, 3.8) is 0 Å². The van der Waals surface area contributed by atoms with Gasteiger partial charge in [-0.05, 0) is 60.9 Å². The Morgan fingerprint density at radius 3 is 2.38 bits per heavy atom. The van der Waals surface area contributed by atoms with E-state index in [0.29, 0.717) is 11.3 Å². The van der Waals surface area contributed by atoms with Crippen LogP contribution in [0.15, 0.2) is 82.8 Å². The summed E-state index contributed by atoms with van der Waals surface area (Å²) in [5, 5.41) is 3.69. The van der Waals surface area contributed by atoms with Gasteiger partial charge in [0.25, 0.3) is 15.9 Å². The van der Waals surface area contributed by atoms with Gasteiger partial charge in [-0.2, -0.15) is 18.3 Å². The van der Waals surface area contributed by atoms with Gasteiger partial charge in [0, 0.05) is 0 Å². The normalized spacial score (nSPS) is 12.0. The lowest BCUT2D eigenvalue weighted by Gasteiger charge is -2.25. The predicted molar refractivity (Wildman–Crippen MR) is 124 cm³/mol. The van der Waals surface area contributed by atoms with Crippen LogP contribution in [0.4, 0.5) is 18.9 Å². The molecule has 3 aromatic rings. The monoisotopic (exact) mass is 489 g/mol. The largest absolute Gasteiger partial charge is 0.416 e. The van der Waals surface area contributed by atoms with Crippen LogP contribution in [0.2, 0.25) is 0 Å². The molecule has 6 nitrogen and oxygen atoms in total. The van der Waals surface area contributed by atoms with Gasteiger partial charge >= 0.3 is 6.18 Å². The number of carbonyl (C=O) groups excluding carboxylic acids is 1. The Bertz CT molecular complexity index is 1310. The quantitative estimate of drug-likeness (QED) is 0.387. The summed E-state index contributed by atoms with van der Waals surface area (Å²) in [6.07, 6.45) is -3.45. The first-order valence-corrected chi connectivity index (χ1v) is 11.6. The average molecular weight is 490 g/mol. The first-order chi connectivity index (χ1) is 16.0. The second kappa shape index (κ2) is 10.1. The Hall–Kier alpha value is -3.66. The van der Waals surface area contributed by atoms with Gasteiger partial charge in [-0.1, -0.05) is 42.5 Å². The molecule has 0 unspecified atom stereocenters. The number of rotatable bonds is 7. The minimum Gasteiger partial charge on any atom is -0.271 e. The van der Waals surface area contributed by atoms with Gasteiger partial charge in [0.05, 0.1) is 22.4 Å². The van der Waals surface area contributed by atoms with Crippen LogP contribution >= 0.6 is 0 Å². The number of hydrogen-bond acceptors (Lipinski definition) is 4. The van der Waals surface area contributed by atoms with Crippen LogP contribution < -0.4 is 9.73 Å². The second-order valence-corrected chi connectivity index (χ2v) is 9.39. The molecule has 0 radical (unpaired) electrons. The standard InChI is InChI=1S/C24H22F3N3O3S/c1-17-11-12-18(2)22(13-17)30(34(32,33)21-9-4-3-5-10-21)16-23(31)29-28-15-19-7-6-8-20(14-19)24(25,26)27/h3-15H,16H2,1-2H3,(H,29,31)/b28-15+. The van der Waals surface area contributed by atoms with Crippen LogP contribution in [0, 0.1) is 13.8 Å². The summed E-state index contributed by atoms with van der Waals surface area (Å²) in [4.78, 5) is 12.6. The van der Waals surface area contributed by atoms with Crippen molar-refractivity contribution in [2.24, 2.45) is 5.10 Å². The molecular formula is C24H22F3N3O3S. The van der Waals surface area contributed by atoms with E-state index in [1.165, 1.54) is 24.3 Å². The van der Waals surface area contributed by atoms with Gasteiger partial charge in [-0.15, -0.1) is 0 Å². The maximum Gasteiger partial charge on any atom is 0.416 e. The number of sulfonamides is 1. The van der Waals surface area contributed by atoms with Gasteiger partial charge in [-0.3, -0.25) is 9.10 Å². The van der Waals surface area contributed by atoms with Crippen molar-refractivity contribution in [2.45, 2.75) is 24.9 Å². The molecule has 178 valence electrons.